The largest absolute Gasteiger partial charge is 0.298 e. The lowest BCUT2D eigenvalue weighted by atomic mass is 9.88. The quantitative estimate of drug-likeness (QED) is 0.277. The van der Waals surface area contributed by atoms with Crippen LogP contribution < -0.4 is 0 Å². The fraction of sp³-hybridized carbons (Fsp3) is 0.310. The van der Waals surface area contributed by atoms with Gasteiger partial charge in [0.25, 0.3) is 0 Å². The third-order valence-electron chi connectivity index (χ3n) is 7.03. The number of aromatic nitrogens is 2. The molecule has 4 aromatic rings. The number of pyridine rings is 2. The predicted octanol–water partition coefficient (Wildman–Crippen LogP) is 7.50. The summed E-state index contributed by atoms with van der Waals surface area (Å²) in [7, 11) is 0. The van der Waals surface area contributed by atoms with Gasteiger partial charge in [-0.2, -0.15) is 0 Å². The van der Waals surface area contributed by atoms with Crippen molar-refractivity contribution >= 4 is 10.9 Å². The Balaban J connectivity index is 1.72. The van der Waals surface area contributed by atoms with Crippen molar-refractivity contribution in [2.45, 2.75) is 45.1 Å². The Morgan fingerprint density at radius 2 is 1.53 bits per heavy atom. The molecular formula is C29H27F4N3. The second-order valence-electron chi connectivity index (χ2n) is 10.3. The van der Waals surface area contributed by atoms with Gasteiger partial charge in [0.15, 0.2) is 0 Å². The van der Waals surface area contributed by atoms with Gasteiger partial charge in [-0.1, -0.05) is 6.07 Å². The van der Waals surface area contributed by atoms with Gasteiger partial charge in [0.2, 0.25) is 0 Å². The van der Waals surface area contributed by atoms with Gasteiger partial charge in [-0.05, 0) is 88.7 Å². The molecular weight excluding hydrogens is 466 g/mol. The van der Waals surface area contributed by atoms with Crippen molar-refractivity contribution in [1.82, 2.24) is 14.9 Å². The predicted molar refractivity (Wildman–Crippen MR) is 134 cm³/mol. The van der Waals surface area contributed by atoms with Crippen molar-refractivity contribution in [3.8, 4) is 22.4 Å². The topological polar surface area (TPSA) is 29.0 Å². The van der Waals surface area contributed by atoms with E-state index < -0.39 is 23.3 Å². The molecule has 1 fully saturated rings. The summed E-state index contributed by atoms with van der Waals surface area (Å²) in [4.78, 5) is 11.6. The molecule has 0 atom stereocenters. The number of fused-ring (bicyclic) bond motifs is 1. The summed E-state index contributed by atoms with van der Waals surface area (Å²) in [6, 6.07) is 10.5. The molecule has 5 rings (SSSR count). The van der Waals surface area contributed by atoms with Gasteiger partial charge < -0.3 is 0 Å². The summed E-state index contributed by atoms with van der Waals surface area (Å²) < 4.78 is 58.3. The first kappa shape index (κ1) is 24.4. The minimum Gasteiger partial charge on any atom is -0.298 e. The van der Waals surface area contributed by atoms with E-state index >= 15 is 0 Å². The van der Waals surface area contributed by atoms with Crippen LogP contribution in [0, 0.1) is 23.3 Å². The van der Waals surface area contributed by atoms with Crippen LogP contribution >= 0.6 is 0 Å². The fourth-order valence-corrected chi connectivity index (χ4v) is 5.06. The SMILES string of the molecule is CC(C)(C)N1CCC(c2cc(-c3ccc(F)cc3F)c3ccnc(-c4c(F)cccc4F)c3n2)CC1. The zero-order valence-electron chi connectivity index (χ0n) is 20.5. The normalized spacial score (nSPS) is 15.5. The van der Waals surface area contributed by atoms with Gasteiger partial charge in [-0.3, -0.25) is 14.9 Å². The Labute approximate surface area is 207 Å². The summed E-state index contributed by atoms with van der Waals surface area (Å²) >= 11 is 0. The van der Waals surface area contributed by atoms with Gasteiger partial charge >= 0.3 is 0 Å². The van der Waals surface area contributed by atoms with Crippen LogP contribution in [0.3, 0.4) is 0 Å². The van der Waals surface area contributed by atoms with Gasteiger partial charge in [0.05, 0.1) is 11.1 Å². The average molecular weight is 494 g/mol. The van der Waals surface area contributed by atoms with Crippen LogP contribution in [0.2, 0.25) is 0 Å². The Bertz CT molecular complexity index is 1420. The molecule has 3 nitrogen and oxygen atoms in total. The number of likely N-dealkylation sites (tertiary alicyclic amines) is 1. The van der Waals surface area contributed by atoms with Crippen molar-refractivity contribution in [3.63, 3.8) is 0 Å². The molecule has 2 aromatic carbocycles. The van der Waals surface area contributed by atoms with E-state index in [0.29, 0.717) is 16.6 Å². The third kappa shape index (κ3) is 4.48. The van der Waals surface area contributed by atoms with Crippen LogP contribution in [-0.4, -0.2) is 33.5 Å². The molecule has 0 radical (unpaired) electrons. The van der Waals surface area contributed by atoms with Crippen molar-refractivity contribution in [1.29, 1.82) is 0 Å². The molecule has 1 aliphatic rings. The van der Waals surface area contributed by atoms with E-state index in [0.717, 1.165) is 32.0 Å². The second-order valence-corrected chi connectivity index (χ2v) is 10.3. The third-order valence-corrected chi connectivity index (χ3v) is 7.03. The van der Waals surface area contributed by atoms with E-state index in [1.54, 1.807) is 6.07 Å². The van der Waals surface area contributed by atoms with E-state index in [9.17, 15) is 17.6 Å². The summed E-state index contributed by atoms with van der Waals surface area (Å²) in [6.45, 7) is 8.28. The number of halogens is 4. The number of hydrogen-bond donors (Lipinski definition) is 0. The lowest BCUT2D eigenvalue weighted by Gasteiger charge is -2.40. The van der Waals surface area contributed by atoms with Crippen LogP contribution in [0.1, 0.15) is 45.2 Å². The van der Waals surface area contributed by atoms with Gasteiger partial charge in [-0.25, -0.2) is 17.6 Å². The van der Waals surface area contributed by atoms with E-state index in [1.807, 2.05) is 6.07 Å². The monoisotopic (exact) mass is 493 g/mol. The Morgan fingerprint density at radius 3 is 2.17 bits per heavy atom. The molecule has 1 saturated heterocycles. The first-order chi connectivity index (χ1) is 17.1. The number of hydrogen-bond acceptors (Lipinski definition) is 3. The molecule has 36 heavy (non-hydrogen) atoms. The Hall–Kier alpha value is -3.32. The van der Waals surface area contributed by atoms with Crippen molar-refractivity contribution in [3.05, 3.63) is 83.7 Å². The highest BCUT2D eigenvalue weighted by molar-refractivity contribution is 6.01. The standard InChI is InChI=1S/C29H27F4N3/c1-29(2,3)36-13-10-17(11-14-36)25-16-21(19-8-7-18(30)15-24(19)33)20-9-12-34-28(27(20)35-25)26-22(31)5-4-6-23(26)32/h4-9,12,15-17H,10-11,13-14H2,1-3H3. The van der Waals surface area contributed by atoms with Crippen LogP contribution in [0.15, 0.2) is 54.7 Å². The maximum Gasteiger partial charge on any atom is 0.135 e. The van der Waals surface area contributed by atoms with Crippen LogP contribution in [0.5, 0.6) is 0 Å². The zero-order valence-corrected chi connectivity index (χ0v) is 20.5. The Kier molecular flexibility index (Phi) is 6.29. The van der Waals surface area contributed by atoms with Crippen LogP contribution in [0.4, 0.5) is 17.6 Å². The van der Waals surface area contributed by atoms with Crippen molar-refractivity contribution < 1.29 is 17.6 Å². The number of piperidine rings is 1. The van der Waals surface area contributed by atoms with Gasteiger partial charge in [-0.15, -0.1) is 0 Å². The molecule has 7 heteroatoms. The second kappa shape index (κ2) is 9.28. The zero-order chi connectivity index (χ0) is 25.6. The smallest absolute Gasteiger partial charge is 0.135 e. The summed E-state index contributed by atoms with van der Waals surface area (Å²) in [5.74, 6) is -2.83. The minimum absolute atomic E-state index is 0.0453. The number of nitrogens with zero attached hydrogens (tertiary/aromatic N) is 3. The van der Waals surface area contributed by atoms with Gasteiger partial charge in [0, 0.05) is 40.4 Å². The molecule has 0 amide bonds. The molecule has 186 valence electrons. The lowest BCUT2D eigenvalue weighted by Crippen LogP contribution is -2.45. The summed E-state index contributed by atoms with van der Waals surface area (Å²) in [5, 5.41) is 0.490. The van der Waals surface area contributed by atoms with Crippen LogP contribution in [-0.2, 0) is 0 Å². The molecule has 0 bridgehead atoms. The molecule has 0 saturated carbocycles. The lowest BCUT2D eigenvalue weighted by molar-refractivity contribution is 0.102. The highest BCUT2D eigenvalue weighted by atomic mass is 19.1. The van der Waals surface area contributed by atoms with Crippen molar-refractivity contribution in [2.75, 3.05) is 13.1 Å². The molecule has 1 aliphatic heterocycles. The molecule has 0 N–H and O–H groups in total. The average Bonchev–Trinajstić information content (AvgIpc) is 2.83. The first-order valence-corrected chi connectivity index (χ1v) is 12.1. The Morgan fingerprint density at radius 1 is 0.833 bits per heavy atom. The highest BCUT2D eigenvalue weighted by Gasteiger charge is 2.29. The highest BCUT2D eigenvalue weighted by Crippen LogP contribution is 2.39. The minimum atomic E-state index is -0.754. The first-order valence-electron chi connectivity index (χ1n) is 12.1. The maximum atomic E-state index is 15.0. The van der Waals surface area contributed by atoms with Crippen molar-refractivity contribution in [2.24, 2.45) is 0 Å². The van der Waals surface area contributed by atoms with E-state index in [4.69, 9.17) is 4.98 Å². The molecule has 3 heterocycles. The van der Waals surface area contributed by atoms with E-state index in [-0.39, 0.29) is 33.8 Å². The molecule has 0 aliphatic carbocycles. The molecule has 0 spiro atoms. The van der Waals surface area contributed by atoms with Gasteiger partial charge in [0.1, 0.15) is 29.0 Å². The van der Waals surface area contributed by atoms with E-state index in [1.165, 1.54) is 36.5 Å². The van der Waals surface area contributed by atoms with E-state index in [2.05, 4.69) is 30.7 Å². The summed E-state index contributed by atoms with van der Waals surface area (Å²) in [5.41, 5.74) is 1.51. The van der Waals surface area contributed by atoms with Crippen LogP contribution in [0.25, 0.3) is 33.3 Å². The molecule has 2 aromatic heterocycles. The summed E-state index contributed by atoms with van der Waals surface area (Å²) in [6.07, 6.45) is 3.10. The fourth-order valence-electron chi connectivity index (χ4n) is 5.06. The number of rotatable bonds is 3. The number of benzene rings is 2. The molecule has 0 unspecified atom stereocenters. The maximum absolute atomic E-state index is 15.0.